The molecule has 0 radical (unpaired) electrons. The molecule has 1 aromatic carbocycles. The van der Waals surface area contributed by atoms with Crippen LogP contribution in [-0.4, -0.2) is 40.2 Å². The lowest BCUT2D eigenvalue weighted by Crippen LogP contribution is -2.42. The molecule has 1 amide bonds. The van der Waals surface area contributed by atoms with Crippen molar-refractivity contribution >= 4 is 5.91 Å². The molecule has 1 aliphatic rings. The molecule has 0 unspecified atom stereocenters. The van der Waals surface area contributed by atoms with Gasteiger partial charge in [0.2, 0.25) is 5.91 Å². The van der Waals surface area contributed by atoms with Crippen LogP contribution in [0, 0.1) is 6.92 Å². The molecule has 1 aromatic heterocycles. The fourth-order valence-electron chi connectivity index (χ4n) is 3.60. The monoisotopic (exact) mass is 340 g/mol. The highest BCUT2D eigenvalue weighted by Gasteiger charge is 2.26. The number of benzene rings is 1. The number of carbonyl (C=O) groups is 1. The van der Waals surface area contributed by atoms with Crippen LogP contribution in [0.4, 0.5) is 0 Å². The van der Waals surface area contributed by atoms with Gasteiger partial charge < -0.3 is 10.2 Å². The highest BCUT2D eigenvalue weighted by molar-refractivity contribution is 5.78. The molecule has 134 valence electrons. The first-order chi connectivity index (χ1) is 12.0. The number of fused-ring (bicyclic) bond motifs is 1. The van der Waals surface area contributed by atoms with Crippen LogP contribution in [0.2, 0.25) is 0 Å². The van der Waals surface area contributed by atoms with Gasteiger partial charge in [0.05, 0.1) is 25.3 Å². The van der Waals surface area contributed by atoms with Crippen LogP contribution in [0.25, 0.3) is 0 Å². The van der Waals surface area contributed by atoms with Crippen molar-refractivity contribution in [1.82, 2.24) is 20.0 Å². The Labute approximate surface area is 150 Å². The Kier molecular flexibility index (Phi) is 5.53. The van der Waals surface area contributed by atoms with Gasteiger partial charge in [0.1, 0.15) is 0 Å². The van der Waals surface area contributed by atoms with Crippen molar-refractivity contribution < 1.29 is 4.79 Å². The second-order valence-electron chi connectivity index (χ2n) is 7.13. The van der Waals surface area contributed by atoms with Gasteiger partial charge in [-0.3, -0.25) is 9.48 Å². The van der Waals surface area contributed by atoms with Gasteiger partial charge in [-0.05, 0) is 49.8 Å². The molecule has 1 heterocycles. The standard InChI is InChI=1S/C20H28N4O/c1-15-11-22-24(13-15)14-16(2)21-12-20(25)23(3)19-10-6-8-17-7-4-5-9-18(17)19/h4-5,7,9,11,13,16,19,21H,6,8,10,12,14H2,1-3H3/t16-,19+/m0/s1. The number of carbonyl (C=O) groups excluding carboxylic acids is 1. The Balaban J connectivity index is 1.54. The van der Waals surface area contributed by atoms with Crippen LogP contribution in [0.1, 0.15) is 42.5 Å². The van der Waals surface area contributed by atoms with Crippen LogP contribution in [0.15, 0.2) is 36.7 Å². The zero-order valence-corrected chi connectivity index (χ0v) is 15.4. The van der Waals surface area contributed by atoms with E-state index in [9.17, 15) is 4.79 Å². The molecule has 0 saturated heterocycles. The largest absolute Gasteiger partial charge is 0.338 e. The maximum Gasteiger partial charge on any atom is 0.236 e. The van der Waals surface area contributed by atoms with Gasteiger partial charge >= 0.3 is 0 Å². The molecule has 5 heteroatoms. The van der Waals surface area contributed by atoms with E-state index in [2.05, 4.69) is 41.6 Å². The Bertz CT molecular complexity index is 724. The van der Waals surface area contributed by atoms with E-state index in [-0.39, 0.29) is 18.0 Å². The van der Waals surface area contributed by atoms with Crippen molar-refractivity contribution in [3.05, 3.63) is 53.3 Å². The number of hydrogen-bond donors (Lipinski definition) is 1. The first-order valence-electron chi connectivity index (χ1n) is 9.10. The van der Waals surface area contributed by atoms with Gasteiger partial charge in [-0.2, -0.15) is 5.10 Å². The smallest absolute Gasteiger partial charge is 0.236 e. The number of hydrogen-bond acceptors (Lipinski definition) is 3. The Morgan fingerprint density at radius 1 is 1.44 bits per heavy atom. The van der Waals surface area contributed by atoms with Gasteiger partial charge in [0.15, 0.2) is 0 Å². The summed E-state index contributed by atoms with van der Waals surface area (Å²) >= 11 is 0. The summed E-state index contributed by atoms with van der Waals surface area (Å²) < 4.78 is 1.92. The van der Waals surface area contributed by atoms with Crippen molar-refractivity contribution in [2.24, 2.45) is 0 Å². The predicted molar refractivity (Wildman–Crippen MR) is 99.3 cm³/mol. The third-order valence-corrected chi connectivity index (χ3v) is 5.02. The van der Waals surface area contributed by atoms with E-state index in [4.69, 9.17) is 0 Å². The lowest BCUT2D eigenvalue weighted by molar-refractivity contribution is -0.131. The quantitative estimate of drug-likeness (QED) is 0.880. The molecule has 0 aliphatic heterocycles. The molecule has 5 nitrogen and oxygen atoms in total. The van der Waals surface area contributed by atoms with E-state index in [0.29, 0.717) is 6.54 Å². The topological polar surface area (TPSA) is 50.2 Å². The summed E-state index contributed by atoms with van der Waals surface area (Å²) in [5.41, 5.74) is 3.84. The molecule has 25 heavy (non-hydrogen) atoms. The number of aromatic nitrogens is 2. The first-order valence-corrected chi connectivity index (χ1v) is 9.10. The lowest BCUT2D eigenvalue weighted by Gasteiger charge is -2.33. The summed E-state index contributed by atoms with van der Waals surface area (Å²) in [6, 6.07) is 8.90. The van der Waals surface area contributed by atoms with E-state index < -0.39 is 0 Å². The summed E-state index contributed by atoms with van der Waals surface area (Å²) in [6.45, 7) is 5.23. The Morgan fingerprint density at radius 2 is 2.24 bits per heavy atom. The summed E-state index contributed by atoms with van der Waals surface area (Å²) in [7, 11) is 1.93. The second kappa shape index (κ2) is 7.83. The molecule has 0 bridgehead atoms. The number of nitrogens with zero attached hydrogens (tertiary/aromatic N) is 3. The van der Waals surface area contributed by atoms with E-state index in [1.165, 1.54) is 11.1 Å². The fourth-order valence-corrected chi connectivity index (χ4v) is 3.60. The van der Waals surface area contributed by atoms with Crippen molar-refractivity contribution in [2.75, 3.05) is 13.6 Å². The average molecular weight is 340 g/mol. The van der Waals surface area contributed by atoms with Crippen molar-refractivity contribution in [1.29, 1.82) is 0 Å². The minimum atomic E-state index is 0.144. The molecule has 0 spiro atoms. The normalized spacial score (nSPS) is 17.8. The zero-order chi connectivity index (χ0) is 17.8. The van der Waals surface area contributed by atoms with Crippen LogP contribution in [0.5, 0.6) is 0 Å². The number of nitrogens with one attached hydrogen (secondary N) is 1. The Morgan fingerprint density at radius 3 is 3.00 bits per heavy atom. The van der Waals surface area contributed by atoms with E-state index in [0.717, 1.165) is 31.4 Å². The van der Waals surface area contributed by atoms with Gasteiger partial charge in [-0.15, -0.1) is 0 Å². The molecule has 1 N–H and O–H groups in total. The molecular weight excluding hydrogens is 312 g/mol. The average Bonchev–Trinajstić information content (AvgIpc) is 3.03. The van der Waals surface area contributed by atoms with Crippen molar-refractivity contribution in [3.8, 4) is 0 Å². The molecule has 3 rings (SSSR count). The SMILES string of the molecule is Cc1cnn(C[C@H](C)NCC(=O)N(C)[C@@H]2CCCc3ccccc32)c1. The van der Waals surface area contributed by atoms with Crippen LogP contribution in [0.3, 0.4) is 0 Å². The van der Waals surface area contributed by atoms with Crippen LogP contribution >= 0.6 is 0 Å². The third-order valence-electron chi connectivity index (χ3n) is 5.02. The molecule has 0 fully saturated rings. The minimum Gasteiger partial charge on any atom is -0.338 e. The number of rotatable bonds is 6. The maximum atomic E-state index is 12.7. The molecular formula is C20H28N4O. The van der Waals surface area contributed by atoms with Gasteiger partial charge in [-0.25, -0.2) is 0 Å². The van der Waals surface area contributed by atoms with Crippen LogP contribution in [-0.2, 0) is 17.8 Å². The lowest BCUT2D eigenvalue weighted by atomic mass is 9.87. The minimum absolute atomic E-state index is 0.144. The van der Waals surface area contributed by atoms with Gasteiger partial charge in [0, 0.05) is 19.3 Å². The maximum absolute atomic E-state index is 12.7. The number of aryl methyl sites for hydroxylation is 2. The van der Waals surface area contributed by atoms with E-state index in [1.807, 2.05) is 35.9 Å². The van der Waals surface area contributed by atoms with Gasteiger partial charge in [0.25, 0.3) is 0 Å². The summed E-state index contributed by atoms with van der Waals surface area (Å²) in [6.07, 6.45) is 7.17. The van der Waals surface area contributed by atoms with E-state index in [1.54, 1.807) is 0 Å². The molecule has 1 aliphatic carbocycles. The van der Waals surface area contributed by atoms with Crippen molar-refractivity contribution in [3.63, 3.8) is 0 Å². The summed E-state index contributed by atoms with van der Waals surface area (Å²) in [5, 5.41) is 7.63. The molecule has 2 atom stereocenters. The highest BCUT2D eigenvalue weighted by Crippen LogP contribution is 2.33. The number of likely N-dealkylation sites (N-methyl/N-ethyl adjacent to an activating group) is 1. The molecule has 0 saturated carbocycles. The Hall–Kier alpha value is -2.14. The first kappa shape index (κ1) is 17.7. The summed E-state index contributed by atoms with van der Waals surface area (Å²) in [4.78, 5) is 14.6. The number of amides is 1. The van der Waals surface area contributed by atoms with Crippen molar-refractivity contribution in [2.45, 2.75) is 51.7 Å². The second-order valence-corrected chi connectivity index (χ2v) is 7.13. The third kappa shape index (κ3) is 4.28. The van der Waals surface area contributed by atoms with E-state index >= 15 is 0 Å². The van der Waals surface area contributed by atoms with Gasteiger partial charge in [-0.1, -0.05) is 24.3 Å². The highest BCUT2D eigenvalue weighted by atomic mass is 16.2. The van der Waals surface area contributed by atoms with Crippen LogP contribution < -0.4 is 5.32 Å². The predicted octanol–water partition coefficient (Wildman–Crippen LogP) is 2.71. The molecule has 2 aromatic rings. The fraction of sp³-hybridized carbons (Fsp3) is 0.500. The zero-order valence-electron chi connectivity index (χ0n) is 15.4. The summed E-state index contributed by atoms with van der Waals surface area (Å²) in [5.74, 6) is 0.144.